The fourth-order valence-corrected chi connectivity index (χ4v) is 2.51. The Kier molecular flexibility index (Phi) is 3.35. The molecular formula is C15H13ClN2O3. The van der Waals surface area contributed by atoms with Gasteiger partial charge in [-0.1, -0.05) is 23.7 Å². The molecule has 1 atom stereocenters. The Morgan fingerprint density at radius 2 is 2.00 bits per heavy atom. The maximum atomic E-state index is 12.1. The van der Waals surface area contributed by atoms with Crippen LogP contribution in [0.15, 0.2) is 36.4 Å². The van der Waals surface area contributed by atoms with Crippen LogP contribution in [0.2, 0.25) is 5.02 Å². The minimum absolute atomic E-state index is 0.120. The standard InChI is InChI=1S/C15H13ClN2O3/c1-21-12-7-8(6-10(16)13(12)19)14-17-11-5-3-2-4-9(11)15(20)18-14/h2-7,14,17,19H,1H3,(H,18,20). The summed E-state index contributed by atoms with van der Waals surface area (Å²) >= 11 is 5.98. The van der Waals surface area contributed by atoms with Crippen molar-refractivity contribution in [3.63, 3.8) is 0 Å². The van der Waals surface area contributed by atoms with Gasteiger partial charge in [-0.05, 0) is 29.8 Å². The number of hydrogen-bond donors (Lipinski definition) is 3. The number of anilines is 1. The molecule has 1 unspecified atom stereocenters. The quantitative estimate of drug-likeness (QED) is 0.798. The first-order valence-electron chi connectivity index (χ1n) is 6.33. The Bertz CT molecular complexity index is 718. The van der Waals surface area contributed by atoms with Crippen LogP contribution < -0.4 is 15.4 Å². The van der Waals surface area contributed by atoms with Gasteiger partial charge in [0.15, 0.2) is 11.5 Å². The molecule has 5 nitrogen and oxygen atoms in total. The van der Waals surface area contributed by atoms with Gasteiger partial charge in [0.2, 0.25) is 0 Å². The second-order valence-corrected chi connectivity index (χ2v) is 5.06. The maximum Gasteiger partial charge on any atom is 0.255 e. The molecule has 0 saturated heterocycles. The normalized spacial score (nSPS) is 16.7. The number of hydrogen-bond acceptors (Lipinski definition) is 4. The lowest BCUT2D eigenvalue weighted by Gasteiger charge is -2.28. The number of ether oxygens (including phenoxy) is 1. The summed E-state index contributed by atoms with van der Waals surface area (Å²) in [7, 11) is 1.44. The molecule has 21 heavy (non-hydrogen) atoms. The molecule has 0 bridgehead atoms. The number of nitrogens with one attached hydrogen (secondary N) is 2. The number of fused-ring (bicyclic) bond motifs is 1. The first-order chi connectivity index (χ1) is 10.1. The number of methoxy groups -OCH3 is 1. The van der Waals surface area contributed by atoms with Gasteiger partial charge >= 0.3 is 0 Å². The Morgan fingerprint density at radius 1 is 1.24 bits per heavy atom. The highest BCUT2D eigenvalue weighted by Crippen LogP contribution is 2.37. The van der Waals surface area contributed by atoms with Crippen LogP contribution in [-0.4, -0.2) is 18.1 Å². The van der Waals surface area contributed by atoms with Gasteiger partial charge in [-0.25, -0.2) is 0 Å². The van der Waals surface area contributed by atoms with Crippen molar-refractivity contribution >= 4 is 23.2 Å². The second kappa shape index (κ2) is 5.18. The third kappa shape index (κ3) is 2.36. The average molecular weight is 305 g/mol. The summed E-state index contributed by atoms with van der Waals surface area (Å²) in [6.45, 7) is 0. The van der Waals surface area contributed by atoms with E-state index in [0.717, 1.165) is 5.69 Å². The number of phenolic OH excluding ortho intramolecular Hbond substituents is 1. The van der Waals surface area contributed by atoms with Crippen molar-refractivity contribution in [2.45, 2.75) is 6.17 Å². The molecule has 1 aliphatic rings. The molecule has 0 spiro atoms. The maximum absolute atomic E-state index is 12.1. The van der Waals surface area contributed by atoms with Crippen molar-refractivity contribution in [3.8, 4) is 11.5 Å². The van der Waals surface area contributed by atoms with Gasteiger partial charge in [-0.15, -0.1) is 0 Å². The summed E-state index contributed by atoms with van der Waals surface area (Å²) in [6.07, 6.45) is -0.445. The van der Waals surface area contributed by atoms with Crippen molar-refractivity contribution < 1.29 is 14.6 Å². The number of benzene rings is 2. The third-order valence-electron chi connectivity index (χ3n) is 3.35. The molecule has 0 saturated carbocycles. The van der Waals surface area contributed by atoms with E-state index >= 15 is 0 Å². The van der Waals surface area contributed by atoms with Crippen LogP contribution in [0.25, 0.3) is 0 Å². The van der Waals surface area contributed by atoms with E-state index in [-0.39, 0.29) is 22.4 Å². The van der Waals surface area contributed by atoms with E-state index in [1.165, 1.54) is 7.11 Å². The van der Waals surface area contributed by atoms with Gasteiger partial charge in [0.05, 0.1) is 17.7 Å². The Balaban J connectivity index is 2.00. The molecule has 0 aromatic heterocycles. The molecular weight excluding hydrogens is 292 g/mol. The lowest BCUT2D eigenvalue weighted by atomic mass is 10.1. The van der Waals surface area contributed by atoms with E-state index in [0.29, 0.717) is 11.1 Å². The van der Waals surface area contributed by atoms with E-state index in [2.05, 4.69) is 10.6 Å². The topological polar surface area (TPSA) is 70.6 Å². The van der Waals surface area contributed by atoms with Gasteiger partial charge < -0.3 is 20.5 Å². The Hall–Kier alpha value is -2.40. The predicted octanol–water partition coefficient (Wildman–Crippen LogP) is 2.91. The molecule has 0 aliphatic carbocycles. The molecule has 3 rings (SSSR count). The van der Waals surface area contributed by atoms with E-state index in [4.69, 9.17) is 16.3 Å². The summed E-state index contributed by atoms with van der Waals surface area (Å²) in [6, 6.07) is 10.5. The van der Waals surface area contributed by atoms with Crippen molar-refractivity contribution in [1.29, 1.82) is 0 Å². The first-order valence-corrected chi connectivity index (χ1v) is 6.71. The fourth-order valence-electron chi connectivity index (χ4n) is 2.29. The predicted molar refractivity (Wildman–Crippen MR) is 79.9 cm³/mol. The summed E-state index contributed by atoms with van der Waals surface area (Å²) in [5.41, 5.74) is 2.03. The lowest BCUT2D eigenvalue weighted by molar-refractivity contribution is 0.0935. The molecule has 3 N–H and O–H groups in total. The zero-order chi connectivity index (χ0) is 15.0. The lowest BCUT2D eigenvalue weighted by Crippen LogP contribution is -2.38. The number of para-hydroxylation sites is 1. The van der Waals surface area contributed by atoms with E-state index in [9.17, 15) is 9.90 Å². The molecule has 6 heteroatoms. The van der Waals surface area contributed by atoms with Crippen molar-refractivity contribution in [1.82, 2.24) is 5.32 Å². The Morgan fingerprint density at radius 3 is 2.76 bits per heavy atom. The number of aromatic hydroxyl groups is 1. The fraction of sp³-hybridized carbons (Fsp3) is 0.133. The monoisotopic (exact) mass is 304 g/mol. The highest BCUT2D eigenvalue weighted by Gasteiger charge is 2.25. The van der Waals surface area contributed by atoms with Crippen LogP contribution in [-0.2, 0) is 0 Å². The van der Waals surface area contributed by atoms with Crippen LogP contribution in [0.5, 0.6) is 11.5 Å². The molecule has 0 fully saturated rings. The number of carbonyl (C=O) groups is 1. The van der Waals surface area contributed by atoms with Gasteiger partial charge in [0, 0.05) is 5.69 Å². The average Bonchev–Trinajstić information content (AvgIpc) is 2.50. The van der Waals surface area contributed by atoms with E-state index < -0.39 is 6.17 Å². The summed E-state index contributed by atoms with van der Waals surface area (Å²) in [4.78, 5) is 12.1. The molecule has 1 aliphatic heterocycles. The third-order valence-corrected chi connectivity index (χ3v) is 3.64. The van der Waals surface area contributed by atoms with E-state index in [1.54, 1.807) is 24.3 Å². The summed E-state index contributed by atoms with van der Waals surface area (Å²) < 4.78 is 5.08. The minimum atomic E-state index is -0.445. The number of phenols is 1. The zero-order valence-corrected chi connectivity index (χ0v) is 11.9. The summed E-state index contributed by atoms with van der Waals surface area (Å²) in [5, 5.41) is 16.0. The number of amides is 1. The highest BCUT2D eigenvalue weighted by molar-refractivity contribution is 6.32. The minimum Gasteiger partial charge on any atom is -0.503 e. The second-order valence-electron chi connectivity index (χ2n) is 4.65. The van der Waals surface area contributed by atoms with Crippen molar-refractivity contribution in [3.05, 3.63) is 52.5 Å². The molecule has 1 amide bonds. The van der Waals surface area contributed by atoms with Crippen LogP contribution in [0.3, 0.4) is 0 Å². The van der Waals surface area contributed by atoms with E-state index in [1.807, 2.05) is 12.1 Å². The zero-order valence-electron chi connectivity index (χ0n) is 11.2. The Labute approximate surface area is 126 Å². The van der Waals surface area contributed by atoms with Crippen LogP contribution in [0.4, 0.5) is 5.69 Å². The van der Waals surface area contributed by atoms with Gasteiger partial charge in [0.1, 0.15) is 6.17 Å². The molecule has 0 radical (unpaired) electrons. The first kappa shape index (κ1) is 13.6. The van der Waals surface area contributed by atoms with Crippen LogP contribution in [0, 0.1) is 0 Å². The number of rotatable bonds is 2. The number of halogens is 1. The van der Waals surface area contributed by atoms with Crippen LogP contribution >= 0.6 is 11.6 Å². The number of carbonyl (C=O) groups excluding carboxylic acids is 1. The highest BCUT2D eigenvalue weighted by atomic mass is 35.5. The largest absolute Gasteiger partial charge is 0.503 e. The van der Waals surface area contributed by atoms with Gasteiger partial charge in [0.25, 0.3) is 5.91 Å². The summed E-state index contributed by atoms with van der Waals surface area (Å²) in [5.74, 6) is -0.0321. The van der Waals surface area contributed by atoms with Crippen molar-refractivity contribution in [2.24, 2.45) is 0 Å². The van der Waals surface area contributed by atoms with Crippen molar-refractivity contribution in [2.75, 3.05) is 12.4 Å². The van der Waals surface area contributed by atoms with Gasteiger partial charge in [-0.2, -0.15) is 0 Å². The molecule has 1 heterocycles. The molecule has 2 aromatic carbocycles. The van der Waals surface area contributed by atoms with Gasteiger partial charge in [-0.3, -0.25) is 4.79 Å². The SMILES string of the molecule is COc1cc(C2NC(=O)c3ccccc3N2)cc(Cl)c1O. The molecule has 108 valence electrons. The smallest absolute Gasteiger partial charge is 0.255 e. The van der Waals surface area contributed by atoms with Crippen LogP contribution in [0.1, 0.15) is 22.1 Å². The molecule has 2 aromatic rings.